The van der Waals surface area contributed by atoms with Crippen molar-refractivity contribution in [1.82, 2.24) is 10.3 Å². The fourth-order valence-corrected chi connectivity index (χ4v) is 4.96. The summed E-state index contributed by atoms with van der Waals surface area (Å²) in [6.07, 6.45) is 3.10. The van der Waals surface area contributed by atoms with E-state index in [4.69, 9.17) is 18.9 Å². The third kappa shape index (κ3) is 8.33. The number of aliphatic hydroxyl groups excluding tert-OH is 1. The molecule has 0 bridgehead atoms. The van der Waals surface area contributed by atoms with E-state index < -0.39 is 18.6 Å². The van der Waals surface area contributed by atoms with E-state index in [1.165, 1.54) is 6.20 Å². The predicted octanol–water partition coefficient (Wildman–Crippen LogP) is 5.73. The van der Waals surface area contributed by atoms with Crippen LogP contribution in [0.3, 0.4) is 0 Å². The van der Waals surface area contributed by atoms with Gasteiger partial charge >= 0.3 is 5.97 Å². The van der Waals surface area contributed by atoms with E-state index in [2.05, 4.69) is 29.4 Å². The Hall–Kier alpha value is -5.11. The summed E-state index contributed by atoms with van der Waals surface area (Å²) in [6.45, 7) is 9.04. The van der Waals surface area contributed by atoms with Crippen molar-refractivity contribution in [2.45, 2.75) is 53.5 Å². The molecule has 0 saturated heterocycles. The summed E-state index contributed by atoms with van der Waals surface area (Å²) in [7, 11) is 0. The second kappa shape index (κ2) is 16.3. The Labute approximate surface area is 269 Å². The van der Waals surface area contributed by atoms with E-state index in [0.29, 0.717) is 42.4 Å². The molecule has 0 amide bonds. The average Bonchev–Trinajstić information content (AvgIpc) is 3.08. The van der Waals surface area contributed by atoms with Gasteiger partial charge in [-0.15, -0.1) is 0 Å². The van der Waals surface area contributed by atoms with Crippen molar-refractivity contribution in [1.29, 1.82) is 5.26 Å². The highest BCUT2D eigenvalue weighted by atomic mass is 16.6. The van der Waals surface area contributed by atoms with Gasteiger partial charge in [0.2, 0.25) is 0 Å². The summed E-state index contributed by atoms with van der Waals surface area (Å²) in [6, 6.07) is 18.3. The molecular formula is C36H39N3O7. The van der Waals surface area contributed by atoms with E-state index >= 15 is 0 Å². The Kier molecular flexibility index (Phi) is 11.9. The molecule has 1 aliphatic rings. The quantitative estimate of drug-likeness (QED) is 0.179. The number of rotatable bonds is 12. The molecule has 3 aromatic carbocycles. The lowest BCUT2D eigenvalue weighted by molar-refractivity contribution is -0.140. The van der Waals surface area contributed by atoms with Crippen molar-refractivity contribution in [3.8, 4) is 40.2 Å². The van der Waals surface area contributed by atoms with Gasteiger partial charge in [-0.2, -0.15) is 5.26 Å². The van der Waals surface area contributed by atoms with Gasteiger partial charge in [-0.1, -0.05) is 38.1 Å². The van der Waals surface area contributed by atoms with Crippen LogP contribution >= 0.6 is 0 Å². The number of carboxylic acids is 1. The number of pyridine rings is 1. The van der Waals surface area contributed by atoms with Crippen LogP contribution in [-0.2, 0) is 24.6 Å². The molecule has 5 rings (SSSR count). The molecule has 0 radical (unpaired) electrons. The number of aliphatic hydroxyl groups is 1. The normalized spacial score (nSPS) is 12.3. The molecule has 1 atom stereocenters. The molecule has 10 heteroatoms. The van der Waals surface area contributed by atoms with Gasteiger partial charge in [-0.05, 0) is 65.9 Å². The minimum atomic E-state index is -1.15. The number of fused-ring (bicyclic) bond motifs is 1. The van der Waals surface area contributed by atoms with E-state index in [-0.39, 0.29) is 13.2 Å². The molecule has 10 nitrogen and oxygen atoms in total. The molecule has 4 aromatic rings. The third-order valence-corrected chi connectivity index (χ3v) is 7.42. The van der Waals surface area contributed by atoms with E-state index in [0.717, 1.165) is 44.9 Å². The second-order valence-electron chi connectivity index (χ2n) is 10.4. The van der Waals surface area contributed by atoms with Crippen LogP contribution in [0.1, 0.15) is 47.2 Å². The number of aromatic nitrogens is 1. The van der Waals surface area contributed by atoms with Crippen LogP contribution in [0, 0.1) is 25.2 Å². The fraction of sp³-hybridized carbons (Fsp3) is 0.306. The molecule has 0 fully saturated rings. The molecule has 0 spiro atoms. The maximum atomic E-state index is 11.5. The summed E-state index contributed by atoms with van der Waals surface area (Å²) >= 11 is 0. The van der Waals surface area contributed by atoms with Gasteiger partial charge < -0.3 is 29.2 Å². The number of aryl methyl sites for hydroxylation is 1. The number of nitriles is 1. The Morgan fingerprint density at radius 3 is 2.54 bits per heavy atom. The number of hydrogen-bond acceptors (Lipinski definition) is 9. The van der Waals surface area contributed by atoms with Crippen molar-refractivity contribution >= 4 is 5.97 Å². The van der Waals surface area contributed by atoms with Crippen molar-refractivity contribution in [3.63, 3.8) is 0 Å². The van der Waals surface area contributed by atoms with Crippen LogP contribution in [0.4, 0.5) is 0 Å². The molecule has 0 saturated carbocycles. The van der Waals surface area contributed by atoms with Crippen LogP contribution in [0.2, 0.25) is 0 Å². The van der Waals surface area contributed by atoms with Crippen molar-refractivity contribution in [3.05, 3.63) is 100 Å². The number of ether oxygens (including phenoxy) is 4. The van der Waals surface area contributed by atoms with Crippen LogP contribution in [0.5, 0.6) is 23.0 Å². The van der Waals surface area contributed by atoms with Crippen LogP contribution in [-0.4, -0.2) is 47.0 Å². The van der Waals surface area contributed by atoms with Gasteiger partial charge in [0.25, 0.3) is 0 Å². The first kappa shape index (κ1) is 33.8. The number of carboxylic acid groups (broad SMARTS) is 1. The number of carbonyl (C=O) groups is 1. The summed E-state index contributed by atoms with van der Waals surface area (Å²) < 4.78 is 23.9. The molecule has 0 aliphatic carbocycles. The average molecular weight is 626 g/mol. The van der Waals surface area contributed by atoms with Crippen molar-refractivity contribution in [2.24, 2.45) is 0 Å². The first-order chi connectivity index (χ1) is 22.4. The molecule has 1 aromatic heterocycles. The van der Waals surface area contributed by atoms with Crippen molar-refractivity contribution < 1.29 is 34.0 Å². The lowest BCUT2D eigenvalue weighted by atomic mass is 9.96. The maximum Gasteiger partial charge on any atom is 0.323 e. The summed E-state index contributed by atoms with van der Waals surface area (Å²) in [5.74, 6) is 1.38. The molecule has 0 unspecified atom stereocenters. The lowest BCUT2D eigenvalue weighted by Crippen LogP contribution is -2.39. The number of nitrogens with one attached hydrogen (secondary N) is 1. The van der Waals surface area contributed by atoms with Crippen LogP contribution < -0.4 is 24.3 Å². The lowest BCUT2D eigenvalue weighted by Gasteiger charge is -2.20. The molecular weight excluding hydrogens is 586 g/mol. The Balaban J connectivity index is 0.00000235. The van der Waals surface area contributed by atoms with Crippen molar-refractivity contribution in [2.75, 3.05) is 19.8 Å². The van der Waals surface area contributed by atoms with Gasteiger partial charge in [-0.25, -0.2) is 0 Å². The highest BCUT2D eigenvalue weighted by molar-refractivity contribution is 5.73. The third-order valence-electron chi connectivity index (χ3n) is 7.42. The molecule has 240 valence electrons. The Morgan fingerprint density at radius 1 is 1.02 bits per heavy atom. The minimum absolute atomic E-state index is 0.136. The van der Waals surface area contributed by atoms with Gasteiger partial charge in [0.1, 0.15) is 50.0 Å². The standard InChI is InChI=1S/C34H33N3O7.C2H6/c1-21-10-27(43-20-26-4-3-5-28(22(26)2)25-6-7-31-33(12-25)42-9-8-41-31)13-32(29(21)17-37-30(18-38)34(39)40)44-19-24-11-23(14-35)15-36-16-24;1-2/h3-7,10-13,15-16,30,37-38H,8-9,17-20H2,1-2H3,(H,39,40);1-2H3/t30-;/m0./s1. The SMILES string of the molecule is CC.Cc1cc(OCc2cccc(-c3ccc4c(c3)OCCO4)c2C)cc(OCc2cncc(C#N)c2)c1CN[C@@H](CO)C(=O)O. The zero-order valence-corrected chi connectivity index (χ0v) is 26.5. The molecule has 1 aliphatic heterocycles. The fourth-order valence-electron chi connectivity index (χ4n) is 4.96. The Bertz CT molecular complexity index is 1700. The summed E-state index contributed by atoms with van der Waals surface area (Å²) in [4.78, 5) is 15.5. The summed E-state index contributed by atoms with van der Waals surface area (Å²) in [5.41, 5.74) is 6.83. The minimum Gasteiger partial charge on any atom is -0.489 e. The molecule has 2 heterocycles. The molecule has 46 heavy (non-hydrogen) atoms. The van der Waals surface area contributed by atoms with Crippen LogP contribution in [0.25, 0.3) is 11.1 Å². The zero-order chi connectivity index (χ0) is 33.1. The van der Waals surface area contributed by atoms with E-state index in [9.17, 15) is 20.3 Å². The molecule has 3 N–H and O–H groups in total. The highest BCUT2D eigenvalue weighted by Crippen LogP contribution is 2.36. The number of aliphatic carboxylic acids is 1. The largest absolute Gasteiger partial charge is 0.489 e. The Morgan fingerprint density at radius 2 is 1.80 bits per heavy atom. The van der Waals surface area contributed by atoms with Gasteiger partial charge in [0.15, 0.2) is 11.5 Å². The first-order valence-electron chi connectivity index (χ1n) is 15.1. The topological polar surface area (TPSA) is 143 Å². The van der Waals surface area contributed by atoms with E-state index in [1.807, 2.05) is 57.2 Å². The highest BCUT2D eigenvalue weighted by Gasteiger charge is 2.19. The summed E-state index contributed by atoms with van der Waals surface area (Å²) in [5, 5.41) is 30.9. The van der Waals surface area contributed by atoms with E-state index in [1.54, 1.807) is 18.3 Å². The maximum absolute atomic E-state index is 11.5. The monoisotopic (exact) mass is 625 g/mol. The van der Waals surface area contributed by atoms with Crippen LogP contribution in [0.15, 0.2) is 67.0 Å². The number of hydrogen-bond donors (Lipinski definition) is 3. The number of nitrogens with zero attached hydrogens (tertiary/aromatic N) is 2. The number of benzene rings is 3. The van der Waals surface area contributed by atoms with Gasteiger partial charge in [-0.3, -0.25) is 15.1 Å². The van der Waals surface area contributed by atoms with Gasteiger partial charge in [0.05, 0.1) is 12.2 Å². The first-order valence-corrected chi connectivity index (χ1v) is 15.1. The second-order valence-corrected chi connectivity index (χ2v) is 10.4. The smallest absolute Gasteiger partial charge is 0.323 e. The zero-order valence-electron chi connectivity index (χ0n) is 26.5. The van der Waals surface area contributed by atoms with Gasteiger partial charge in [0, 0.05) is 36.1 Å². The predicted molar refractivity (Wildman–Crippen MR) is 173 cm³/mol.